The Morgan fingerprint density at radius 3 is 2.39 bits per heavy atom. The van der Waals surface area contributed by atoms with Crippen LogP contribution in [0.5, 0.6) is 5.75 Å². The lowest BCUT2D eigenvalue weighted by molar-refractivity contribution is -0.122. The summed E-state index contributed by atoms with van der Waals surface area (Å²) >= 11 is 0. The monoisotopic (exact) mass is 408 g/mol. The van der Waals surface area contributed by atoms with Crippen molar-refractivity contribution in [2.24, 2.45) is 0 Å². The lowest BCUT2D eigenvalue weighted by Crippen LogP contribution is -2.50. The van der Waals surface area contributed by atoms with Gasteiger partial charge in [0.25, 0.3) is 0 Å². The van der Waals surface area contributed by atoms with Gasteiger partial charge in [-0.15, -0.1) is 0 Å². The van der Waals surface area contributed by atoms with Crippen LogP contribution in [0.4, 0.5) is 10.1 Å². The number of benzene rings is 2. The molecule has 2 rings (SSSR count). The quantitative estimate of drug-likeness (QED) is 0.729. The molecule has 0 radical (unpaired) electrons. The lowest BCUT2D eigenvalue weighted by atomic mass is 10.2. The molecule has 2 atom stereocenters. The summed E-state index contributed by atoms with van der Waals surface area (Å²) in [5, 5.41) is 2.73. The molecular weight excluding hydrogens is 383 g/mol. The molecular formula is C20H25FN2O4S. The number of anilines is 1. The van der Waals surface area contributed by atoms with Gasteiger partial charge in [0.05, 0.1) is 18.0 Å². The molecule has 8 heteroatoms. The van der Waals surface area contributed by atoms with E-state index in [9.17, 15) is 17.6 Å². The van der Waals surface area contributed by atoms with Crippen LogP contribution in [0.3, 0.4) is 0 Å². The van der Waals surface area contributed by atoms with Crippen molar-refractivity contribution in [3.8, 4) is 5.75 Å². The molecule has 0 fully saturated rings. The summed E-state index contributed by atoms with van der Waals surface area (Å²) in [6, 6.07) is 11.2. The fourth-order valence-electron chi connectivity index (χ4n) is 2.68. The summed E-state index contributed by atoms with van der Waals surface area (Å²) in [7, 11) is -3.80. The molecule has 0 aliphatic heterocycles. The van der Waals surface area contributed by atoms with Gasteiger partial charge in [-0.25, -0.2) is 12.8 Å². The van der Waals surface area contributed by atoms with Crippen molar-refractivity contribution in [2.75, 3.05) is 17.2 Å². The largest absolute Gasteiger partial charge is 0.491 e. The molecule has 0 saturated heterocycles. The Morgan fingerprint density at radius 2 is 1.82 bits per heavy atom. The van der Waals surface area contributed by atoms with Crippen molar-refractivity contribution in [1.82, 2.24) is 5.32 Å². The van der Waals surface area contributed by atoms with Crippen LogP contribution in [0.1, 0.15) is 19.4 Å². The molecule has 0 spiro atoms. The van der Waals surface area contributed by atoms with Crippen LogP contribution in [0.25, 0.3) is 0 Å². The van der Waals surface area contributed by atoms with E-state index in [0.29, 0.717) is 5.75 Å². The number of carbonyl (C=O) groups is 1. The Kier molecular flexibility index (Phi) is 7.01. The second-order valence-electron chi connectivity index (χ2n) is 6.75. The number of carbonyl (C=O) groups excluding carboxylic acids is 1. The van der Waals surface area contributed by atoms with Gasteiger partial charge in [0.15, 0.2) is 0 Å². The number of rotatable bonds is 8. The molecule has 2 aromatic carbocycles. The Morgan fingerprint density at radius 1 is 1.18 bits per heavy atom. The Hall–Kier alpha value is -2.61. The third-order valence-electron chi connectivity index (χ3n) is 4.06. The van der Waals surface area contributed by atoms with Gasteiger partial charge in [-0.3, -0.25) is 9.10 Å². The maximum Gasteiger partial charge on any atom is 0.243 e. The summed E-state index contributed by atoms with van der Waals surface area (Å²) in [6.45, 7) is 5.40. The summed E-state index contributed by atoms with van der Waals surface area (Å²) in [5.74, 6) is -0.411. The zero-order valence-corrected chi connectivity index (χ0v) is 17.2. The average Bonchev–Trinajstić information content (AvgIpc) is 2.60. The minimum absolute atomic E-state index is 0.0914. The predicted octanol–water partition coefficient (Wildman–Crippen LogP) is 2.87. The number of amides is 1. The number of ether oxygens (including phenoxy) is 1. The van der Waals surface area contributed by atoms with Crippen molar-refractivity contribution in [1.29, 1.82) is 0 Å². The third-order valence-corrected chi connectivity index (χ3v) is 5.30. The summed E-state index contributed by atoms with van der Waals surface area (Å²) < 4.78 is 44.5. The number of nitrogens with one attached hydrogen (secondary N) is 1. The van der Waals surface area contributed by atoms with E-state index in [-0.39, 0.29) is 18.3 Å². The van der Waals surface area contributed by atoms with E-state index in [0.717, 1.165) is 22.2 Å². The minimum atomic E-state index is -3.80. The number of sulfonamides is 1. The molecule has 0 saturated carbocycles. The van der Waals surface area contributed by atoms with Gasteiger partial charge in [0.2, 0.25) is 15.9 Å². The molecule has 0 aliphatic rings. The van der Waals surface area contributed by atoms with Gasteiger partial charge in [-0.1, -0.05) is 23.8 Å². The highest BCUT2D eigenvalue weighted by Crippen LogP contribution is 2.21. The number of hydrogen-bond acceptors (Lipinski definition) is 4. The van der Waals surface area contributed by atoms with E-state index in [4.69, 9.17) is 4.74 Å². The van der Waals surface area contributed by atoms with E-state index in [1.54, 1.807) is 6.92 Å². The van der Waals surface area contributed by atoms with E-state index in [1.807, 2.05) is 31.2 Å². The first-order valence-corrected chi connectivity index (χ1v) is 10.7. The first-order valence-electron chi connectivity index (χ1n) is 8.82. The second-order valence-corrected chi connectivity index (χ2v) is 8.61. The molecule has 6 nitrogen and oxygen atoms in total. The summed E-state index contributed by atoms with van der Waals surface area (Å²) in [4.78, 5) is 12.6. The SMILES string of the molecule is Cc1ccc(OC[C@@H](C)NC(=O)[C@H](C)N(c2cccc(F)c2)S(C)(=O)=O)cc1. The fourth-order valence-corrected chi connectivity index (χ4v) is 3.85. The molecule has 28 heavy (non-hydrogen) atoms. The van der Waals surface area contributed by atoms with Crippen molar-refractivity contribution in [3.63, 3.8) is 0 Å². The van der Waals surface area contributed by atoms with Crippen molar-refractivity contribution >= 4 is 21.6 Å². The highest BCUT2D eigenvalue weighted by Gasteiger charge is 2.30. The molecule has 1 amide bonds. The normalized spacial score (nSPS) is 13.5. The third kappa shape index (κ3) is 5.95. The summed E-state index contributed by atoms with van der Waals surface area (Å²) in [6.07, 6.45) is 0.978. The first kappa shape index (κ1) is 21.7. The van der Waals surface area contributed by atoms with Crippen LogP contribution < -0.4 is 14.4 Å². The van der Waals surface area contributed by atoms with Crippen molar-refractivity contribution < 1.29 is 22.3 Å². The zero-order valence-electron chi connectivity index (χ0n) is 16.3. The van der Waals surface area contributed by atoms with Crippen molar-refractivity contribution in [3.05, 3.63) is 59.9 Å². The maximum absolute atomic E-state index is 13.5. The molecule has 0 heterocycles. The van der Waals surface area contributed by atoms with Crippen LogP contribution in [0, 0.1) is 12.7 Å². The second kappa shape index (κ2) is 9.05. The van der Waals surface area contributed by atoms with Crippen LogP contribution in [-0.2, 0) is 14.8 Å². The van der Waals surface area contributed by atoms with Gasteiger partial charge in [0, 0.05) is 0 Å². The molecule has 0 aliphatic carbocycles. The van der Waals surface area contributed by atoms with Crippen LogP contribution in [-0.4, -0.2) is 39.3 Å². The van der Waals surface area contributed by atoms with Crippen molar-refractivity contribution in [2.45, 2.75) is 32.9 Å². The Labute approximate surface area is 165 Å². The van der Waals surface area contributed by atoms with E-state index in [1.165, 1.54) is 25.1 Å². The molecule has 0 aromatic heterocycles. The number of nitrogens with zero attached hydrogens (tertiary/aromatic N) is 1. The van der Waals surface area contributed by atoms with Gasteiger partial charge < -0.3 is 10.1 Å². The van der Waals surface area contributed by atoms with Crippen LogP contribution in [0.2, 0.25) is 0 Å². The lowest BCUT2D eigenvalue weighted by Gasteiger charge is -2.29. The first-order chi connectivity index (χ1) is 13.1. The zero-order chi connectivity index (χ0) is 20.9. The number of halogens is 1. The minimum Gasteiger partial charge on any atom is -0.491 e. The predicted molar refractivity (Wildman–Crippen MR) is 107 cm³/mol. The van der Waals surface area contributed by atoms with Gasteiger partial charge in [-0.05, 0) is 51.1 Å². The topological polar surface area (TPSA) is 75.7 Å². The molecule has 152 valence electrons. The summed E-state index contributed by atoms with van der Waals surface area (Å²) in [5.41, 5.74) is 1.20. The number of hydrogen-bond donors (Lipinski definition) is 1. The Balaban J connectivity index is 2.04. The number of aryl methyl sites for hydroxylation is 1. The van der Waals surface area contributed by atoms with E-state index >= 15 is 0 Å². The van der Waals surface area contributed by atoms with E-state index < -0.39 is 27.8 Å². The smallest absolute Gasteiger partial charge is 0.243 e. The maximum atomic E-state index is 13.5. The van der Waals surface area contributed by atoms with Crippen LogP contribution >= 0.6 is 0 Å². The molecule has 1 N–H and O–H groups in total. The highest BCUT2D eigenvalue weighted by molar-refractivity contribution is 7.92. The van der Waals surface area contributed by atoms with Gasteiger partial charge >= 0.3 is 0 Å². The molecule has 0 bridgehead atoms. The molecule has 2 aromatic rings. The Bertz CT molecular complexity index is 916. The standard InChI is InChI=1S/C20H25FN2O4S/c1-14-8-10-19(11-9-14)27-13-15(2)22-20(24)16(3)23(28(4,25)26)18-7-5-6-17(21)12-18/h5-12,15-16H,13H2,1-4H3,(H,22,24)/t15-,16+/m1/s1. The fraction of sp³-hybridized carbons (Fsp3) is 0.350. The molecule has 0 unspecified atom stereocenters. The van der Waals surface area contributed by atoms with Gasteiger partial charge in [-0.2, -0.15) is 0 Å². The van der Waals surface area contributed by atoms with Gasteiger partial charge in [0.1, 0.15) is 24.2 Å². The average molecular weight is 408 g/mol. The van der Waals surface area contributed by atoms with Crippen LogP contribution in [0.15, 0.2) is 48.5 Å². The van der Waals surface area contributed by atoms with E-state index in [2.05, 4.69) is 5.32 Å². The highest BCUT2D eigenvalue weighted by atomic mass is 32.2.